The molecule has 140 valence electrons. The van der Waals surface area contributed by atoms with Crippen molar-refractivity contribution in [2.24, 2.45) is 0 Å². The van der Waals surface area contributed by atoms with Crippen LogP contribution in [0.1, 0.15) is 0 Å². The summed E-state index contributed by atoms with van der Waals surface area (Å²) in [5.74, 6) is 0. The van der Waals surface area contributed by atoms with Gasteiger partial charge in [-0.15, -0.1) is 21.9 Å². The molecule has 0 amide bonds. The van der Waals surface area contributed by atoms with Crippen LogP contribution in [0.4, 0.5) is 46.2 Å². The van der Waals surface area contributed by atoms with Crippen LogP contribution in [0.25, 0.3) is 0 Å². The second-order valence-electron chi connectivity index (χ2n) is 0.345. The zero-order valence-corrected chi connectivity index (χ0v) is 12.7. The van der Waals surface area contributed by atoms with Crippen molar-refractivity contribution in [3.05, 3.63) is 0 Å². The Labute approximate surface area is 133 Å². The van der Waals surface area contributed by atoms with Gasteiger partial charge in [-0.25, -0.2) is 0 Å². The Morgan fingerprint density at radius 2 is 0.350 bits per heavy atom. The normalized spacial score (nSPS) is 4.50. The predicted molar refractivity (Wildman–Crippen MR) is 68.4 cm³/mol. The highest BCUT2D eigenvalue weighted by Gasteiger charge is 1.36. The van der Waals surface area contributed by atoms with Crippen LogP contribution in [0.5, 0.6) is 0 Å². The third-order valence-corrected chi connectivity index (χ3v) is 0. The van der Waals surface area contributed by atoms with Gasteiger partial charge in [-0.2, -0.15) is 0 Å². The van der Waals surface area contributed by atoms with Crippen molar-refractivity contribution < 1.29 is 68.1 Å². The minimum Gasteiger partial charge on any atom is -0.269 e. The molecule has 20 heteroatoms. The van der Waals surface area contributed by atoms with Gasteiger partial charge in [0.1, 0.15) is 0 Å². The Bertz CT molecular complexity index is 41.6. The van der Waals surface area contributed by atoms with Gasteiger partial charge in [0.25, 0.3) is 0 Å². The largest absolute Gasteiger partial charge is 0.269 e. The lowest BCUT2D eigenvalue weighted by Crippen LogP contribution is -1.22. The van der Waals surface area contributed by atoms with Gasteiger partial charge in [0.15, 0.2) is 0 Å². The highest BCUT2D eigenvalue weighted by atomic mass is 32.1. The summed E-state index contributed by atoms with van der Waals surface area (Å²) in [6.45, 7) is 0. The van der Waals surface area contributed by atoms with Crippen LogP contribution >= 0.6 is 64.5 Å². The highest BCUT2D eigenvalue weighted by molar-refractivity contribution is 7.75. The number of hydrogen-bond donors (Lipinski definition) is 5. The summed E-state index contributed by atoms with van der Waals surface area (Å²) < 4.78 is 60.5. The number of rotatable bonds is 0. The molecule has 0 N–H and O–H groups in total. The SMILES string of the molecule is F.F.F.F.F.FOS.FOS.FOS.FOS.FOS. The van der Waals surface area contributed by atoms with Crippen molar-refractivity contribution in [1.29, 1.82) is 0 Å². The van der Waals surface area contributed by atoms with E-state index >= 15 is 0 Å². The van der Waals surface area contributed by atoms with Crippen molar-refractivity contribution in [1.82, 2.24) is 0 Å². The number of hydrogen-bond acceptors (Lipinski definition) is 10. The average molecular weight is 440 g/mol. The van der Waals surface area contributed by atoms with Crippen LogP contribution in [0, 0.1) is 0 Å². The summed E-state index contributed by atoms with van der Waals surface area (Å²) >= 11 is 13.1. The summed E-state index contributed by atoms with van der Waals surface area (Å²) in [5, 5.41) is 0. The van der Waals surface area contributed by atoms with Crippen molar-refractivity contribution in [3.8, 4) is 0 Å². The molecule has 0 aliphatic carbocycles. The van der Waals surface area contributed by atoms with E-state index in [-0.39, 0.29) is 23.5 Å². The van der Waals surface area contributed by atoms with Gasteiger partial charge in [0.05, 0.1) is 0 Å². The molecule has 0 aromatic carbocycles. The Hall–Kier alpha value is 0.850. The summed E-state index contributed by atoms with van der Waals surface area (Å²) in [6.07, 6.45) is 0. The van der Waals surface area contributed by atoms with Crippen molar-refractivity contribution in [2.45, 2.75) is 0 Å². The molecule has 0 unspecified atom stereocenters. The molecule has 0 rings (SSSR count). The van der Waals surface area contributed by atoms with Crippen LogP contribution in [0.2, 0.25) is 0 Å². The van der Waals surface area contributed by atoms with E-state index in [0.717, 1.165) is 0 Å². The molecule has 0 spiro atoms. The van der Waals surface area contributed by atoms with Gasteiger partial charge in [0, 0.05) is 64.5 Å². The minimum absolute atomic E-state index is 0. The molecular weight excluding hydrogens is 430 g/mol. The van der Waals surface area contributed by atoms with Crippen molar-refractivity contribution in [3.63, 3.8) is 0 Å². The van der Waals surface area contributed by atoms with Crippen LogP contribution in [-0.2, 0) is 21.9 Å². The van der Waals surface area contributed by atoms with Crippen molar-refractivity contribution >= 4 is 64.5 Å². The topological polar surface area (TPSA) is 46.2 Å². The lowest BCUT2D eigenvalue weighted by Gasteiger charge is -1.48. The molecule has 0 bridgehead atoms. The second kappa shape index (κ2) is 206. The molecule has 0 fully saturated rings. The molecule has 0 saturated carbocycles. The van der Waals surface area contributed by atoms with E-state index in [1.54, 1.807) is 0 Å². The molecule has 0 aliphatic heterocycles. The van der Waals surface area contributed by atoms with Crippen LogP contribution in [0.3, 0.4) is 0 Å². The summed E-state index contributed by atoms with van der Waals surface area (Å²) in [6, 6.07) is 0. The van der Waals surface area contributed by atoms with Gasteiger partial charge >= 0.3 is 0 Å². The maximum absolute atomic E-state index is 9.66. The maximum Gasteiger partial charge on any atom is 0.0206 e. The molecule has 0 heterocycles. The second-order valence-corrected chi connectivity index (χ2v) is 1.04. The van der Waals surface area contributed by atoms with E-state index in [4.69, 9.17) is 0 Å². The Kier molecular flexibility index (Phi) is 719. The van der Waals surface area contributed by atoms with Gasteiger partial charge in [-0.3, -0.25) is 23.5 Å². The van der Waals surface area contributed by atoms with E-state index in [0.29, 0.717) is 0 Å². The summed E-state index contributed by atoms with van der Waals surface area (Å²) in [7, 11) is 0. The zero-order chi connectivity index (χ0) is 13.5. The first-order valence-electron chi connectivity index (χ1n) is 1.68. The average Bonchev–Trinajstić information content (AvgIpc) is 2.09. The van der Waals surface area contributed by atoms with Gasteiger partial charge < -0.3 is 0 Å². The Balaban J connectivity index is -0.00000000735. The fourth-order valence-electron chi connectivity index (χ4n) is 0. The predicted octanol–water partition coefficient (Wildman–Crippen LogP) is 4.42. The smallest absolute Gasteiger partial charge is 0.0206 e. The lowest BCUT2D eigenvalue weighted by molar-refractivity contribution is 0.0275. The Morgan fingerprint density at radius 3 is 0.350 bits per heavy atom. The first-order chi connectivity index (χ1) is 7.07. The molecule has 0 aromatic rings. The molecular formula is H10F10O5S5. The van der Waals surface area contributed by atoms with Crippen LogP contribution < -0.4 is 0 Å². The van der Waals surface area contributed by atoms with Crippen LogP contribution in [-0.4, -0.2) is 0 Å². The van der Waals surface area contributed by atoms with Gasteiger partial charge in [-0.05, 0) is 22.6 Å². The van der Waals surface area contributed by atoms with E-state index in [9.17, 15) is 22.6 Å². The number of thiol groups is 5. The van der Waals surface area contributed by atoms with Gasteiger partial charge in [-0.1, -0.05) is 0 Å². The van der Waals surface area contributed by atoms with E-state index in [1.165, 1.54) is 0 Å². The highest BCUT2D eigenvalue weighted by Crippen LogP contribution is 1.70. The monoisotopic (exact) mass is 440 g/mol. The molecule has 0 atom stereocenters. The summed E-state index contributed by atoms with van der Waals surface area (Å²) in [4.78, 5) is 0. The number of halogens is 10. The first kappa shape index (κ1) is 69.8. The first-order valence-corrected chi connectivity index (χ1v) is 3.51. The van der Waals surface area contributed by atoms with Gasteiger partial charge in [0.2, 0.25) is 0 Å². The quantitative estimate of drug-likeness (QED) is 0.219. The minimum atomic E-state index is 0. The fourth-order valence-corrected chi connectivity index (χ4v) is 0. The molecule has 20 heavy (non-hydrogen) atoms. The van der Waals surface area contributed by atoms with E-state index in [1.807, 2.05) is 0 Å². The van der Waals surface area contributed by atoms with E-state index in [2.05, 4.69) is 86.5 Å². The third kappa shape index (κ3) is 8310. The molecule has 5 nitrogen and oxygen atoms in total. The standard InChI is InChI=1S/5FHOS.5FH/c5*1-2-3;;;;;/h5*3H;5*1H. The summed E-state index contributed by atoms with van der Waals surface area (Å²) in [5.41, 5.74) is 0. The Morgan fingerprint density at radius 1 is 0.350 bits per heavy atom. The molecule has 0 aliphatic rings. The zero-order valence-electron chi connectivity index (χ0n) is 8.21. The maximum atomic E-state index is 9.66. The fraction of sp³-hybridized carbons (Fsp3) is 0. The third-order valence-electron chi connectivity index (χ3n) is 0. The van der Waals surface area contributed by atoms with Crippen molar-refractivity contribution in [2.75, 3.05) is 0 Å². The van der Waals surface area contributed by atoms with E-state index < -0.39 is 0 Å². The molecule has 0 radical (unpaired) electrons. The molecule has 0 saturated heterocycles. The molecule has 0 aromatic heterocycles. The van der Waals surface area contributed by atoms with Crippen LogP contribution in [0.15, 0.2) is 0 Å². The lowest BCUT2D eigenvalue weighted by atomic mass is 15.6.